The second-order valence-corrected chi connectivity index (χ2v) is 6.97. The fraction of sp³-hybridized carbons (Fsp3) is 0.217. The summed E-state index contributed by atoms with van der Waals surface area (Å²) in [6, 6.07) is 15.6. The van der Waals surface area contributed by atoms with Gasteiger partial charge in [-0.2, -0.15) is 13.2 Å². The lowest BCUT2D eigenvalue weighted by atomic mass is 10.1. The first-order chi connectivity index (χ1) is 13.7. The van der Waals surface area contributed by atoms with Crippen LogP contribution in [0.4, 0.5) is 23.2 Å². The molecule has 0 aromatic heterocycles. The van der Waals surface area contributed by atoms with Crippen LogP contribution in [0.2, 0.25) is 0 Å². The molecule has 2 nitrogen and oxygen atoms in total. The van der Waals surface area contributed by atoms with Crippen LogP contribution in [0, 0.1) is 19.7 Å². The van der Waals surface area contributed by atoms with Crippen LogP contribution in [0.5, 0.6) is 5.75 Å². The monoisotopic (exact) mass is 403 g/mol. The van der Waals surface area contributed by atoms with E-state index in [4.69, 9.17) is 4.74 Å². The van der Waals surface area contributed by atoms with Gasteiger partial charge in [-0.3, -0.25) is 0 Å². The van der Waals surface area contributed by atoms with E-state index in [1.54, 1.807) is 24.3 Å². The number of aryl methyl sites for hydroxylation is 2. The third kappa shape index (κ3) is 5.73. The van der Waals surface area contributed by atoms with Crippen molar-refractivity contribution in [1.29, 1.82) is 0 Å². The van der Waals surface area contributed by atoms with Gasteiger partial charge in [0.1, 0.15) is 18.2 Å². The van der Waals surface area contributed by atoms with Gasteiger partial charge in [0.05, 0.1) is 5.56 Å². The number of rotatable bonds is 6. The average molecular weight is 403 g/mol. The van der Waals surface area contributed by atoms with Crippen LogP contribution in [-0.4, -0.2) is 0 Å². The maximum absolute atomic E-state index is 13.9. The van der Waals surface area contributed by atoms with Gasteiger partial charge in [0.2, 0.25) is 0 Å². The van der Waals surface area contributed by atoms with Crippen LogP contribution in [0.1, 0.15) is 27.8 Å². The predicted octanol–water partition coefficient (Wildman–Crippen LogP) is 6.65. The van der Waals surface area contributed by atoms with E-state index >= 15 is 0 Å². The Morgan fingerprint density at radius 2 is 1.62 bits per heavy atom. The summed E-state index contributed by atoms with van der Waals surface area (Å²) in [5.74, 6) is -0.0774. The van der Waals surface area contributed by atoms with Gasteiger partial charge in [0, 0.05) is 23.9 Å². The summed E-state index contributed by atoms with van der Waals surface area (Å²) >= 11 is 0. The van der Waals surface area contributed by atoms with Gasteiger partial charge >= 0.3 is 6.18 Å². The predicted molar refractivity (Wildman–Crippen MR) is 105 cm³/mol. The van der Waals surface area contributed by atoms with Crippen molar-refractivity contribution < 1.29 is 22.3 Å². The van der Waals surface area contributed by atoms with Crippen LogP contribution in [-0.2, 0) is 19.3 Å². The minimum atomic E-state index is -4.51. The molecule has 0 saturated carbocycles. The van der Waals surface area contributed by atoms with Crippen LogP contribution in [0.15, 0.2) is 60.7 Å². The second kappa shape index (κ2) is 8.55. The van der Waals surface area contributed by atoms with Gasteiger partial charge in [0.15, 0.2) is 0 Å². The largest absolute Gasteiger partial charge is 0.489 e. The molecule has 0 spiro atoms. The standard InChI is InChI=1S/C23H21F4NO/c1-15-8-16(2)10-17(9-15)14-29-21-5-3-4-20(12-21)28-13-18-11-19(23(25,26)27)6-7-22(18)24/h3-12,28H,13-14H2,1-2H3. The van der Waals surface area contributed by atoms with Crippen molar-refractivity contribution in [3.63, 3.8) is 0 Å². The fourth-order valence-corrected chi connectivity index (χ4v) is 3.10. The number of halogens is 4. The van der Waals surface area contributed by atoms with Gasteiger partial charge in [-0.15, -0.1) is 0 Å². The van der Waals surface area contributed by atoms with Gasteiger partial charge in [-0.25, -0.2) is 4.39 Å². The van der Waals surface area contributed by atoms with Crippen molar-refractivity contribution in [3.05, 3.63) is 94.3 Å². The first-order valence-electron chi connectivity index (χ1n) is 9.10. The van der Waals surface area contributed by atoms with Crippen molar-refractivity contribution in [2.24, 2.45) is 0 Å². The zero-order chi connectivity index (χ0) is 21.0. The molecule has 0 aliphatic carbocycles. The van der Waals surface area contributed by atoms with E-state index in [1.165, 1.54) is 0 Å². The number of hydrogen-bond donors (Lipinski definition) is 1. The van der Waals surface area contributed by atoms with E-state index < -0.39 is 17.6 Å². The van der Waals surface area contributed by atoms with Crippen molar-refractivity contribution in [2.75, 3.05) is 5.32 Å². The van der Waals surface area contributed by atoms with E-state index in [-0.39, 0.29) is 12.1 Å². The maximum atomic E-state index is 13.9. The number of alkyl halides is 3. The molecule has 0 bridgehead atoms. The lowest BCUT2D eigenvalue weighted by Crippen LogP contribution is -2.08. The van der Waals surface area contributed by atoms with E-state index in [0.717, 1.165) is 34.9 Å². The molecule has 0 heterocycles. The van der Waals surface area contributed by atoms with Crippen molar-refractivity contribution in [1.82, 2.24) is 0 Å². The summed E-state index contributed by atoms with van der Waals surface area (Å²) in [6.07, 6.45) is -4.51. The molecule has 0 aliphatic heterocycles. The van der Waals surface area contributed by atoms with Crippen LogP contribution < -0.4 is 10.1 Å². The summed E-state index contributed by atoms with van der Waals surface area (Å²) in [5.41, 5.74) is 3.05. The quantitative estimate of drug-likeness (QED) is 0.465. The van der Waals surface area contributed by atoms with Crippen LogP contribution >= 0.6 is 0 Å². The molecule has 29 heavy (non-hydrogen) atoms. The summed E-state index contributed by atoms with van der Waals surface area (Å²) in [5, 5.41) is 2.95. The zero-order valence-corrected chi connectivity index (χ0v) is 16.1. The van der Waals surface area contributed by atoms with Crippen molar-refractivity contribution in [3.8, 4) is 5.75 Å². The smallest absolute Gasteiger partial charge is 0.416 e. The van der Waals surface area contributed by atoms with E-state index in [9.17, 15) is 17.6 Å². The first-order valence-corrected chi connectivity index (χ1v) is 9.10. The zero-order valence-electron chi connectivity index (χ0n) is 16.1. The SMILES string of the molecule is Cc1cc(C)cc(COc2cccc(NCc3cc(C(F)(F)F)ccc3F)c2)c1. The Balaban J connectivity index is 1.66. The minimum absolute atomic E-state index is 0.0543. The highest BCUT2D eigenvalue weighted by atomic mass is 19.4. The molecule has 152 valence electrons. The summed E-state index contributed by atoms with van der Waals surface area (Å²) in [7, 11) is 0. The van der Waals surface area contributed by atoms with Crippen molar-refractivity contribution >= 4 is 5.69 Å². The Morgan fingerprint density at radius 3 is 2.31 bits per heavy atom. The summed E-state index contributed by atoms with van der Waals surface area (Å²) < 4.78 is 58.2. The molecule has 0 radical (unpaired) electrons. The summed E-state index contributed by atoms with van der Waals surface area (Å²) in [6.45, 7) is 4.37. The van der Waals surface area contributed by atoms with E-state index in [2.05, 4.69) is 11.4 Å². The Kier molecular flexibility index (Phi) is 6.11. The number of anilines is 1. The molecular weight excluding hydrogens is 382 g/mol. The highest BCUT2D eigenvalue weighted by Crippen LogP contribution is 2.30. The average Bonchev–Trinajstić information content (AvgIpc) is 2.64. The molecule has 3 rings (SSSR count). The minimum Gasteiger partial charge on any atom is -0.489 e. The lowest BCUT2D eigenvalue weighted by molar-refractivity contribution is -0.137. The first kappa shape index (κ1) is 20.7. The number of ether oxygens (including phenoxy) is 1. The van der Waals surface area contributed by atoms with Gasteiger partial charge in [-0.1, -0.05) is 35.4 Å². The number of hydrogen-bond acceptors (Lipinski definition) is 2. The third-order valence-electron chi connectivity index (χ3n) is 4.38. The van der Waals surface area contributed by atoms with Gasteiger partial charge in [0.25, 0.3) is 0 Å². The topological polar surface area (TPSA) is 21.3 Å². The molecule has 0 aliphatic rings. The Morgan fingerprint density at radius 1 is 0.897 bits per heavy atom. The second-order valence-electron chi connectivity index (χ2n) is 6.97. The highest BCUT2D eigenvalue weighted by Gasteiger charge is 2.31. The van der Waals surface area contributed by atoms with Gasteiger partial charge in [-0.05, 0) is 49.7 Å². The molecule has 0 amide bonds. The number of nitrogens with one attached hydrogen (secondary N) is 1. The Labute approximate surface area is 167 Å². The molecule has 0 unspecified atom stereocenters. The highest BCUT2D eigenvalue weighted by molar-refractivity contribution is 5.49. The molecular formula is C23H21F4NO. The van der Waals surface area contributed by atoms with Crippen molar-refractivity contribution in [2.45, 2.75) is 33.2 Å². The van der Waals surface area contributed by atoms with Crippen LogP contribution in [0.3, 0.4) is 0 Å². The Bertz CT molecular complexity index is 978. The number of benzene rings is 3. The molecule has 0 atom stereocenters. The summed E-state index contributed by atoms with van der Waals surface area (Å²) in [4.78, 5) is 0. The normalized spacial score (nSPS) is 11.4. The van der Waals surface area contributed by atoms with Gasteiger partial charge < -0.3 is 10.1 Å². The maximum Gasteiger partial charge on any atom is 0.416 e. The molecule has 0 saturated heterocycles. The Hall–Kier alpha value is -3.02. The van der Waals surface area contributed by atoms with E-state index in [1.807, 2.05) is 26.0 Å². The lowest BCUT2D eigenvalue weighted by Gasteiger charge is -2.13. The molecule has 3 aromatic carbocycles. The fourth-order valence-electron chi connectivity index (χ4n) is 3.10. The van der Waals surface area contributed by atoms with E-state index in [0.29, 0.717) is 18.0 Å². The third-order valence-corrected chi connectivity index (χ3v) is 4.38. The molecule has 0 fully saturated rings. The molecule has 6 heteroatoms. The molecule has 1 N–H and O–H groups in total. The van der Waals surface area contributed by atoms with Crippen LogP contribution in [0.25, 0.3) is 0 Å². The molecule has 3 aromatic rings.